The number of benzene rings is 1. The first kappa shape index (κ1) is 18.8. The van der Waals surface area contributed by atoms with E-state index in [4.69, 9.17) is 4.74 Å². The molecule has 1 aromatic rings. The van der Waals surface area contributed by atoms with Crippen molar-refractivity contribution in [1.82, 2.24) is 4.90 Å². The van der Waals surface area contributed by atoms with Crippen LogP contribution in [0.1, 0.15) is 34.6 Å². The van der Waals surface area contributed by atoms with Crippen molar-refractivity contribution < 1.29 is 19.6 Å². The Bertz CT molecular complexity index is 659. The first-order chi connectivity index (χ1) is 11.5. The molecule has 25 heavy (non-hydrogen) atoms. The van der Waals surface area contributed by atoms with Crippen LogP contribution in [0.4, 0.5) is 16.2 Å². The number of hydrogen-bond acceptors (Lipinski definition) is 6. The second-order valence-electron chi connectivity index (χ2n) is 7.42. The monoisotopic (exact) mass is 351 g/mol. The molecule has 1 heterocycles. The van der Waals surface area contributed by atoms with Gasteiger partial charge in [-0.25, -0.2) is 4.79 Å². The number of anilines is 1. The molecule has 138 valence electrons. The average Bonchev–Trinajstić information content (AvgIpc) is 2.43. The minimum Gasteiger partial charge on any atom is -0.502 e. The number of ether oxygens (including phenoxy) is 1. The lowest BCUT2D eigenvalue weighted by atomic mass is 10.1. The molecule has 2 atom stereocenters. The fourth-order valence-corrected chi connectivity index (χ4v) is 3.07. The molecule has 2 unspecified atom stereocenters. The van der Waals surface area contributed by atoms with Crippen LogP contribution in [0.5, 0.6) is 5.75 Å². The molecule has 0 spiro atoms. The van der Waals surface area contributed by atoms with Gasteiger partial charge in [0, 0.05) is 30.9 Å². The highest BCUT2D eigenvalue weighted by atomic mass is 16.6. The van der Waals surface area contributed by atoms with Crippen molar-refractivity contribution in [3.05, 3.63) is 28.3 Å². The minimum atomic E-state index is -0.620. The summed E-state index contributed by atoms with van der Waals surface area (Å²) in [5, 5.41) is 20.7. The SMILES string of the molecule is CC1CN(c2ccc([N+](=O)[O-])c(O)c2)CC(C)N1C(=O)OC(C)(C)C. The van der Waals surface area contributed by atoms with Gasteiger partial charge in [0.05, 0.1) is 17.0 Å². The van der Waals surface area contributed by atoms with Crippen LogP contribution in [0.2, 0.25) is 0 Å². The molecular formula is C17H25N3O5. The Morgan fingerprint density at radius 2 is 1.84 bits per heavy atom. The molecule has 1 amide bonds. The second kappa shape index (κ2) is 6.78. The van der Waals surface area contributed by atoms with E-state index >= 15 is 0 Å². The molecule has 1 saturated heterocycles. The molecule has 0 aromatic heterocycles. The van der Waals surface area contributed by atoms with Gasteiger partial charge in [-0.3, -0.25) is 15.0 Å². The molecule has 0 bridgehead atoms. The summed E-state index contributed by atoms with van der Waals surface area (Å²) in [7, 11) is 0. The molecule has 8 nitrogen and oxygen atoms in total. The first-order valence-corrected chi connectivity index (χ1v) is 8.23. The Hall–Kier alpha value is -2.51. The number of carbonyl (C=O) groups excluding carboxylic acids is 1. The maximum Gasteiger partial charge on any atom is 0.410 e. The summed E-state index contributed by atoms with van der Waals surface area (Å²) in [5.41, 5.74) is -0.194. The van der Waals surface area contributed by atoms with Gasteiger partial charge in [-0.05, 0) is 40.7 Å². The van der Waals surface area contributed by atoms with E-state index in [1.54, 1.807) is 11.0 Å². The van der Waals surface area contributed by atoms with Crippen molar-refractivity contribution in [2.45, 2.75) is 52.3 Å². The summed E-state index contributed by atoms with van der Waals surface area (Å²) >= 11 is 0. The number of nitro benzene ring substituents is 1. The Labute approximate surface area is 147 Å². The largest absolute Gasteiger partial charge is 0.502 e. The van der Waals surface area contributed by atoms with Crippen LogP contribution in [0, 0.1) is 10.1 Å². The zero-order valence-electron chi connectivity index (χ0n) is 15.2. The van der Waals surface area contributed by atoms with Gasteiger partial charge in [0.2, 0.25) is 0 Å². The summed E-state index contributed by atoms with van der Waals surface area (Å²) in [6.45, 7) is 10.4. The zero-order chi connectivity index (χ0) is 18.9. The number of hydrogen-bond donors (Lipinski definition) is 1. The molecule has 0 radical (unpaired) electrons. The second-order valence-corrected chi connectivity index (χ2v) is 7.42. The molecular weight excluding hydrogens is 326 g/mol. The summed E-state index contributed by atoms with van der Waals surface area (Å²) in [4.78, 5) is 26.3. The van der Waals surface area contributed by atoms with Crippen LogP contribution in [0.15, 0.2) is 18.2 Å². The summed E-state index contributed by atoms with van der Waals surface area (Å²) < 4.78 is 5.47. The number of carbonyl (C=O) groups is 1. The lowest BCUT2D eigenvalue weighted by molar-refractivity contribution is -0.385. The number of rotatable bonds is 2. The van der Waals surface area contributed by atoms with E-state index in [1.165, 1.54) is 12.1 Å². The Kier molecular flexibility index (Phi) is 5.10. The molecule has 0 saturated carbocycles. The highest BCUT2D eigenvalue weighted by Crippen LogP contribution is 2.32. The Morgan fingerprint density at radius 3 is 2.28 bits per heavy atom. The number of piperazine rings is 1. The van der Waals surface area contributed by atoms with Gasteiger partial charge in [-0.15, -0.1) is 0 Å². The van der Waals surface area contributed by atoms with E-state index in [-0.39, 0.29) is 29.6 Å². The van der Waals surface area contributed by atoms with E-state index in [0.717, 1.165) is 0 Å². The van der Waals surface area contributed by atoms with Gasteiger partial charge in [-0.1, -0.05) is 0 Å². The summed E-state index contributed by atoms with van der Waals surface area (Å²) in [6, 6.07) is 4.09. The van der Waals surface area contributed by atoms with Crippen LogP contribution in [-0.4, -0.2) is 51.8 Å². The molecule has 1 fully saturated rings. The number of amides is 1. The number of nitrogens with zero attached hydrogens (tertiary/aromatic N) is 3. The predicted octanol–water partition coefficient (Wildman–Crippen LogP) is 3.13. The number of phenols is 1. The first-order valence-electron chi connectivity index (χ1n) is 8.23. The van der Waals surface area contributed by atoms with E-state index in [0.29, 0.717) is 18.8 Å². The summed E-state index contributed by atoms with van der Waals surface area (Å²) in [5.74, 6) is -0.364. The number of aromatic hydroxyl groups is 1. The zero-order valence-corrected chi connectivity index (χ0v) is 15.2. The smallest absolute Gasteiger partial charge is 0.410 e. The van der Waals surface area contributed by atoms with Gasteiger partial charge in [-0.2, -0.15) is 0 Å². The summed E-state index contributed by atoms with van der Waals surface area (Å²) in [6.07, 6.45) is -0.348. The maximum atomic E-state index is 12.4. The van der Waals surface area contributed by atoms with Gasteiger partial charge in [0.1, 0.15) is 5.60 Å². The molecule has 0 aliphatic carbocycles. The van der Waals surface area contributed by atoms with Crippen LogP contribution in [0.3, 0.4) is 0 Å². The van der Waals surface area contributed by atoms with Crippen LogP contribution in [-0.2, 0) is 4.74 Å². The molecule has 1 aliphatic heterocycles. The van der Waals surface area contributed by atoms with Crippen LogP contribution >= 0.6 is 0 Å². The third-order valence-corrected chi connectivity index (χ3v) is 4.04. The molecule has 1 aliphatic rings. The van der Waals surface area contributed by atoms with Crippen LogP contribution < -0.4 is 4.90 Å². The predicted molar refractivity (Wildman–Crippen MR) is 94.0 cm³/mol. The van der Waals surface area contributed by atoms with Crippen molar-refractivity contribution in [3.8, 4) is 5.75 Å². The number of nitro groups is 1. The fraction of sp³-hybridized carbons (Fsp3) is 0.588. The third-order valence-electron chi connectivity index (χ3n) is 4.04. The van der Waals surface area contributed by atoms with Crippen molar-refractivity contribution in [2.24, 2.45) is 0 Å². The Morgan fingerprint density at radius 1 is 1.28 bits per heavy atom. The minimum absolute atomic E-state index is 0.101. The van der Waals surface area contributed by atoms with E-state index < -0.39 is 10.5 Å². The third kappa shape index (κ3) is 4.32. The standard InChI is InChI=1S/C17H25N3O5/c1-11-9-18(13-6-7-14(20(23)24)15(21)8-13)10-12(2)19(11)16(22)25-17(3,4)5/h6-8,11-12,21H,9-10H2,1-5H3. The Balaban J connectivity index is 2.15. The normalized spacial score (nSPS) is 21.2. The van der Waals surface area contributed by atoms with Crippen molar-refractivity contribution in [3.63, 3.8) is 0 Å². The van der Waals surface area contributed by atoms with E-state index in [2.05, 4.69) is 0 Å². The van der Waals surface area contributed by atoms with Gasteiger partial charge >= 0.3 is 11.8 Å². The topological polar surface area (TPSA) is 96.1 Å². The molecule has 8 heteroatoms. The average molecular weight is 351 g/mol. The highest BCUT2D eigenvalue weighted by molar-refractivity contribution is 5.70. The maximum absolute atomic E-state index is 12.4. The quantitative estimate of drug-likeness (QED) is 0.649. The van der Waals surface area contributed by atoms with Gasteiger partial charge in [0.25, 0.3) is 0 Å². The molecule has 1 N–H and O–H groups in total. The molecule has 1 aromatic carbocycles. The lowest BCUT2D eigenvalue weighted by Gasteiger charge is -2.45. The van der Waals surface area contributed by atoms with Gasteiger partial charge < -0.3 is 14.7 Å². The fourth-order valence-electron chi connectivity index (χ4n) is 3.07. The number of phenolic OH excluding ortho intramolecular Hbond substituents is 1. The van der Waals surface area contributed by atoms with Gasteiger partial charge in [0.15, 0.2) is 5.75 Å². The van der Waals surface area contributed by atoms with Crippen molar-refractivity contribution >= 4 is 17.5 Å². The molecule has 2 rings (SSSR count). The van der Waals surface area contributed by atoms with E-state index in [1.807, 2.05) is 39.5 Å². The highest BCUT2D eigenvalue weighted by Gasteiger charge is 2.35. The van der Waals surface area contributed by atoms with E-state index in [9.17, 15) is 20.0 Å². The lowest BCUT2D eigenvalue weighted by Crippen LogP contribution is -2.59. The van der Waals surface area contributed by atoms with Crippen LogP contribution in [0.25, 0.3) is 0 Å². The van der Waals surface area contributed by atoms with Crippen molar-refractivity contribution in [2.75, 3.05) is 18.0 Å². The van der Waals surface area contributed by atoms with Crippen molar-refractivity contribution in [1.29, 1.82) is 0 Å².